The molecule has 0 bridgehead atoms. The highest BCUT2D eigenvalue weighted by atomic mass is 35.5. The molecule has 0 saturated heterocycles. The first-order valence-corrected chi connectivity index (χ1v) is 8.54. The lowest BCUT2D eigenvalue weighted by molar-refractivity contribution is -0.141. The van der Waals surface area contributed by atoms with Crippen molar-refractivity contribution in [3.05, 3.63) is 87.9 Å². The maximum Gasteiger partial charge on any atom is 0.433 e. The van der Waals surface area contributed by atoms with Crippen LogP contribution >= 0.6 is 11.6 Å². The summed E-state index contributed by atoms with van der Waals surface area (Å²) in [7, 11) is 0. The van der Waals surface area contributed by atoms with Crippen molar-refractivity contribution in [2.24, 2.45) is 0 Å². The Labute approximate surface area is 161 Å². The van der Waals surface area contributed by atoms with Crippen molar-refractivity contribution >= 4 is 22.5 Å². The molecule has 0 radical (unpaired) electrons. The fourth-order valence-electron chi connectivity index (χ4n) is 2.85. The molecule has 0 atom stereocenters. The Bertz CT molecular complexity index is 1220. The number of hydrogen-bond donors (Lipinski definition) is 0. The number of para-hydroxylation sites is 1. The fraction of sp³-hybridized carbons (Fsp3) is 0.0500. The number of hydrogen-bond acceptors (Lipinski definition) is 3. The number of rotatable bonds is 2. The number of halogens is 4. The number of pyridine rings is 1. The normalized spacial score (nSPS) is 11.7. The Hall–Kier alpha value is -3.19. The number of aromatic nitrogens is 3. The summed E-state index contributed by atoms with van der Waals surface area (Å²) in [4.78, 5) is 21.1. The van der Waals surface area contributed by atoms with Crippen molar-refractivity contribution in [2.75, 3.05) is 0 Å². The largest absolute Gasteiger partial charge is 0.433 e. The van der Waals surface area contributed by atoms with E-state index in [1.165, 1.54) is 10.6 Å². The first-order chi connectivity index (χ1) is 13.3. The van der Waals surface area contributed by atoms with Gasteiger partial charge in [0, 0.05) is 16.8 Å². The Balaban J connectivity index is 2.00. The summed E-state index contributed by atoms with van der Waals surface area (Å²) in [6.07, 6.45) is -3.49. The van der Waals surface area contributed by atoms with Gasteiger partial charge in [-0.2, -0.15) is 13.2 Å². The third-order valence-electron chi connectivity index (χ3n) is 4.17. The van der Waals surface area contributed by atoms with Crippen LogP contribution in [0.5, 0.6) is 0 Å². The molecule has 8 heteroatoms. The van der Waals surface area contributed by atoms with Crippen LogP contribution in [0.25, 0.3) is 28.0 Å². The van der Waals surface area contributed by atoms with Gasteiger partial charge < -0.3 is 0 Å². The van der Waals surface area contributed by atoms with Crippen molar-refractivity contribution in [1.82, 2.24) is 14.5 Å². The van der Waals surface area contributed by atoms with Crippen molar-refractivity contribution in [2.45, 2.75) is 6.18 Å². The Morgan fingerprint density at radius 2 is 1.64 bits per heavy atom. The molecule has 2 heterocycles. The van der Waals surface area contributed by atoms with Gasteiger partial charge in [-0.3, -0.25) is 14.3 Å². The molecule has 0 aliphatic rings. The minimum absolute atomic E-state index is 0.187. The molecule has 4 rings (SSSR count). The van der Waals surface area contributed by atoms with Crippen LogP contribution in [0, 0.1) is 0 Å². The van der Waals surface area contributed by atoms with Crippen LogP contribution in [0.3, 0.4) is 0 Å². The van der Waals surface area contributed by atoms with E-state index in [0.29, 0.717) is 21.6 Å². The van der Waals surface area contributed by atoms with Gasteiger partial charge in [0.05, 0.1) is 16.6 Å². The predicted octanol–water partition coefficient (Wildman–Crippen LogP) is 5.12. The standard InChI is InChI=1S/C20H11ClF3N3O/c21-13-6-8-14(9-7-13)27-18(12-5-10-17(25-11-12)20(22,23)24)26-16-4-2-1-3-15(16)19(27)28/h1-11H. The molecule has 0 spiro atoms. The van der Waals surface area contributed by atoms with E-state index in [-0.39, 0.29) is 16.9 Å². The quantitative estimate of drug-likeness (QED) is 0.468. The van der Waals surface area contributed by atoms with Gasteiger partial charge in [-0.25, -0.2) is 4.98 Å². The zero-order chi connectivity index (χ0) is 19.9. The van der Waals surface area contributed by atoms with Gasteiger partial charge in [-0.1, -0.05) is 23.7 Å². The highest BCUT2D eigenvalue weighted by Crippen LogP contribution is 2.29. The second kappa shape index (κ2) is 6.76. The third-order valence-corrected chi connectivity index (χ3v) is 4.42. The molecule has 0 aliphatic heterocycles. The molecule has 28 heavy (non-hydrogen) atoms. The first kappa shape index (κ1) is 18.2. The van der Waals surface area contributed by atoms with Crippen LogP contribution in [-0.4, -0.2) is 14.5 Å². The summed E-state index contributed by atoms with van der Waals surface area (Å²) in [5, 5.41) is 0.879. The second-order valence-electron chi connectivity index (χ2n) is 6.00. The van der Waals surface area contributed by atoms with Gasteiger partial charge in [-0.05, 0) is 48.5 Å². The van der Waals surface area contributed by atoms with E-state index in [1.807, 2.05) is 0 Å². The van der Waals surface area contributed by atoms with Gasteiger partial charge in [0.15, 0.2) is 0 Å². The van der Waals surface area contributed by atoms with Crippen molar-refractivity contribution in [1.29, 1.82) is 0 Å². The summed E-state index contributed by atoms with van der Waals surface area (Å²) < 4.78 is 39.8. The maximum atomic E-state index is 13.1. The van der Waals surface area contributed by atoms with Crippen molar-refractivity contribution in [3.63, 3.8) is 0 Å². The summed E-state index contributed by atoms with van der Waals surface area (Å²) in [6, 6.07) is 15.4. The third kappa shape index (κ3) is 3.25. The lowest BCUT2D eigenvalue weighted by Crippen LogP contribution is -2.22. The van der Waals surface area contributed by atoms with Crippen LogP contribution in [-0.2, 0) is 6.18 Å². The second-order valence-corrected chi connectivity index (χ2v) is 6.44. The molecule has 0 amide bonds. The monoisotopic (exact) mass is 401 g/mol. The molecule has 0 N–H and O–H groups in total. The molecule has 140 valence electrons. The van der Waals surface area contributed by atoms with Gasteiger partial charge in [0.1, 0.15) is 11.5 Å². The minimum atomic E-state index is -4.55. The first-order valence-electron chi connectivity index (χ1n) is 8.16. The highest BCUT2D eigenvalue weighted by Gasteiger charge is 2.32. The number of nitrogens with zero attached hydrogens (tertiary/aromatic N) is 3. The van der Waals surface area contributed by atoms with Crippen molar-refractivity contribution < 1.29 is 13.2 Å². The van der Waals surface area contributed by atoms with E-state index >= 15 is 0 Å². The van der Waals surface area contributed by atoms with E-state index in [0.717, 1.165) is 12.3 Å². The molecule has 4 nitrogen and oxygen atoms in total. The SMILES string of the molecule is O=c1c2ccccc2nc(-c2ccc(C(F)(F)F)nc2)n1-c1ccc(Cl)cc1. The molecule has 0 fully saturated rings. The minimum Gasteiger partial charge on any atom is -0.268 e. The van der Waals surface area contributed by atoms with Gasteiger partial charge in [0.2, 0.25) is 0 Å². The smallest absolute Gasteiger partial charge is 0.268 e. The molecule has 0 aliphatic carbocycles. The van der Waals surface area contributed by atoms with Crippen LogP contribution < -0.4 is 5.56 Å². The van der Waals surface area contributed by atoms with E-state index in [9.17, 15) is 18.0 Å². The van der Waals surface area contributed by atoms with Crippen LogP contribution in [0.15, 0.2) is 71.7 Å². The Kier molecular flexibility index (Phi) is 4.39. The lowest BCUT2D eigenvalue weighted by atomic mass is 10.2. The highest BCUT2D eigenvalue weighted by molar-refractivity contribution is 6.30. The van der Waals surface area contributed by atoms with Crippen LogP contribution in [0.4, 0.5) is 13.2 Å². The average molecular weight is 402 g/mol. The summed E-state index contributed by atoms with van der Waals surface area (Å²) >= 11 is 5.93. The molecule has 0 unspecified atom stereocenters. The summed E-state index contributed by atoms with van der Waals surface area (Å²) in [5.74, 6) is 0.187. The fourth-order valence-corrected chi connectivity index (χ4v) is 2.98. The average Bonchev–Trinajstić information content (AvgIpc) is 2.68. The molecule has 4 aromatic rings. The van der Waals surface area contributed by atoms with Crippen molar-refractivity contribution in [3.8, 4) is 17.1 Å². The molecule has 2 aromatic heterocycles. The summed E-state index contributed by atoms with van der Waals surface area (Å²) in [5.41, 5.74) is -0.152. The maximum absolute atomic E-state index is 13.1. The molecule has 2 aromatic carbocycles. The molecular formula is C20H11ClF3N3O. The van der Waals surface area contributed by atoms with E-state index in [1.54, 1.807) is 48.5 Å². The lowest BCUT2D eigenvalue weighted by Gasteiger charge is -2.14. The number of fused-ring (bicyclic) bond motifs is 1. The zero-order valence-electron chi connectivity index (χ0n) is 14.1. The number of alkyl halides is 3. The predicted molar refractivity (Wildman–Crippen MR) is 101 cm³/mol. The topological polar surface area (TPSA) is 47.8 Å². The summed E-state index contributed by atoms with van der Waals surface area (Å²) in [6.45, 7) is 0. The van der Waals surface area contributed by atoms with E-state index < -0.39 is 11.9 Å². The van der Waals surface area contributed by atoms with Gasteiger partial charge >= 0.3 is 6.18 Å². The van der Waals surface area contributed by atoms with E-state index in [4.69, 9.17) is 11.6 Å². The van der Waals surface area contributed by atoms with E-state index in [2.05, 4.69) is 9.97 Å². The number of benzene rings is 2. The van der Waals surface area contributed by atoms with Crippen LogP contribution in [0.1, 0.15) is 5.69 Å². The van der Waals surface area contributed by atoms with Gasteiger partial charge in [-0.15, -0.1) is 0 Å². The zero-order valence-corrected chi connectivity index (χ0v) is 14.9. The molecular weight excluding hydrogens is 391 g/mol. The van der Waals surface area contributed by atoms with Crippen LogP contribution in [0.2, 0.25) is 5.02 Å². The Morgan fingerprint density at radius 1 is 0.929 bits per heavy atom. The van der Waals surface area contributed by atoms with Gasteiger partial charge in [0.25, 0.3) is 5.56 Å². The molecule has 0 saturated carbocycles. The Morgan fingerprint density at radius 3 is 2.29 bits per heavy atom.